The van der Waals surface area contributed by atoms with E-state index in [0.717, 1.165) is 11.3 Å². The van der Waals surface area contributed by atoms with Crippen LogP contribution in [0.4, 0.5) is 4.39 Å². The van der Waals surface area contributed by atoms with E-state index in [0.29, 0.717) is 18.8 Å². The molecule has 0 aromatic heterocycles. The van der Waals surface area contributed by atoms with E-state index >= 15 is 0 Å². The SMILES string of the molecule is C=CC(F)CNC(=C)C(/C=C(/C)CNNC(=C)C)CN. The highest BCUT2D eigenvalue weighted by Crippen LogP contribution is 2.09. The second-order valence-electron chi connectivity index (χ2n) is 4.77. The zero-order chi connectivity index (χ0) is 15.5. The molecule has 5 N–H and O–H groups in total. The third-order valence-electron chi connectivity index (χ3n) is 2.64. The van der Waals surface area contributed by atoms with Crippen LogP contribution in [0.5, 0.6) is 0 Å². The quantitative estimate of drug-likeness (QED) is 0.344. The standard InChI is InChI=1S/C15H27FN4/c1-6-15(16)10-18-13(5)14(8-17)7-12(4)9-19-20-11(2)3/h6-7,14-15,18-20H,1-2,5,8-10,17H2,3-4H3/b12-7-. The minimum atomic E-state index is -1.09. The third-order valence-corrected chi connectivity index (χ3v) is 2.64. The van der Waals surface area contributed by atoms with E-state index in [2.05, 4.69) is 35.9 Å². The van der Waals surface area contributed by atoms with Crippen molar-refractivity contribution in [1.29, 1.82) is 0 Å². The molecule has 0 aliphatic carbocycles. The van der Waals surface area contributed by atoms with Gasteiger partial charge in [0.25, 0.3) is 0 Å². The molecule has 0 fully saturated rings. The van der Waals surface area contributed by atoms with Gasteiger partial charge in [-0.05, 0) is 13.8 Å². The van der Waals surface area contributed by atoms with Crippen LogP contribution >= 0.6 is 0 Å². The second-order valence-corrected chi connectivity index (χ2v) is 4.77. The summed E-state index contributed by atoms with van der Waals surface area (Å²) in [5, 5.41) is 2.95. The van der Waals surface area contributed by atoms with Crippen molar-refractivity contribution in [3.63, 3.8) is 0 Å². The molecule has 0 spiro atoms. The first-order valence-electron chi connectivity index (χ1n) is 6.61. The van der Waals surface area contributed by atoms with Gasteiger partial charge in [-0.3, -0.25) is 0 Å². The maximum absolute atomic E-state index is 13.1. The average molecular weight is 282 g/mol. The van der Waals surface area contributed by atoms with Crippen LogP contribution in [0.3, 0.4) is 0 Å². The Morgan fingerprint density at radius 3 is 2.50 bits per heavy atom. The summed E-state index contributed by atoms with van der Waals surface area (Å²) >= 11 is 0. The normalized spacial score (nSPS) is 14.3. The van der Waals surface area contributed by atoms with Crippen LogP contribution in [0.1, 0.15) is 13.8 Å². The van der Waals surface area contributed by atoms with E-state index in [1.54, 1.807) is 0 Å². The highest BCUT2D eigenvalue weighted by molar-refractivity contribution is 5.14. The first-order chi connectivity index (χ1) is 9.40. The van der Waals surface area contributed by atoms with E-state index in [-0.39, 0.29) is 12.5 Å². The molecule has 0 aliphatic rings. The van der Waals surface area contributed by atoms with E-state index < -0.39 is 6.17 Å². The van der Waals surface area contributed by atoms with Gasteiger partial charge in [0, 0.05) is 36.9 Å². The van der Waals surface area contributed by atoms with Crippen LogP contribution in [0.25, 0.3) is 0 Å². The maximum atomic E-state index is 13.1. The van der Waals surface area contributed by atoms with Crippen molar-refractivity contribution in [1.82, 2.24) is 16.2 Å². The lowest BCUT2D eigenvalue weighted by Gasteiger charge is -2.18. The Morgan fingerprint density at radius 2 is 2.00 bits per heavy atom. The van der Waals surface area contributed by atoms with Crippen LogP contribution in [-0.2, 0) is 0 Å². The van der Waals surface area contributed by atoms with Crippen LogP contribution in [-0.4, -0.2) is 25.8 Å². The van der Waals surface area contributed by atoms with E-state index in [4.69, 9.17) is 5.73 Å². The monoisotopic (exact) mass is 282 g/mol. The molecule has 5 heteroatoms. The first-order valence-corrected chi connectivity index (χ1v) is 6.61. The van der Waals surface area contributed by atoms with E-state index in [9.17, 15) is 4.39 Å². The van der Waals surface area contributed by atoms with E-state index in [1.807, 2.05) is 19.9 Å². The van der Waals surface area contributed by atoms with Gasteiger partial charge >= 0.3 is 0 Å². The molecule has 2 unspecified atom stereocenters. The molecule has 2 atom stereocenters. The summed E-state index contributed by atoms with van der Waals surface area (Å²) in [7, 11) is 0. The van der Waals surface area contributed by atoms with Crippen molar-refractivity contribution < 1.29 is 4.39 Å². The molecule has 114 valence electrons. The number of hydrogen-bond acceptors (Lipinski definition) is 4. The number of hydrazine groups is 1. The molecule has 20 heavy (non-hydrogen) atoms. The van der Waals surface area contributed by atoms with Gasteiger partial charge in [0.2, 0.25) is 0 Å². The Hall–Kier alpha value is -1.59. The fourth-order valence-electron chi connectivity index (χ4n) is 1.49. The lowest BCUT2D eigenvalue weighted by atomic mass is 10.0. The summed E-state index contributed by atoms with van der Waals surface area (Å²) < 4.78 is 13.1. The molecular formula is C15H27FN4. The lowest BCUT2D eigenvalue weighted by Crippen LogP contribution is -2.32. The maximum Gasteiger partial charge on any atom is 0.135 e. The Kier molecular flexibility index (Phi) is 9.41. The van der Waals surface area contributed by atoms with Gasteiger partial charge in [-0.2, -0.15) is 0 Å². The third kappa shape index (κ3) is 8.50. The molecule has 4 nitrogen and oxygen atoms in total. The number of nitrogens with one attached hydrogen (secondary N) is 3. The van der Waals surface area contributed by atoms with Crippen molar-refractivity contribution in [3.05, 3.63) is 48.9 Å². The van der Waals surface area contributed by atoms with Gasteiger partial charge in [0.05, 0.1) is 0 Å². The highest BCUT2D eigenvalue weighted by atomic mass is 19.1. The molecule has 0 bridgehead atoms. The van der Waals surface area contributed by atoms with Gasteiger partial charge < -0.3 is 16.5 Å². The number of allylic oxidation sites excluding steroid dienone is 1. The van der Waals surface area contributed by atoms with Gasteiger partial charge in [-0.25, -0.2) is 9.82 Å². The number of nitrogens with two attached hydrogens (primary N) is 1. The van der Waals surface area contributed by atoms with Crippen molar-refractivity contribution in [3.8, 4) is 0 Å². The average Bonchev–Trinajstić information content (AvgIpc) is 2.41. The van der Waals surface area contributed by atoms with Crippen molar-refractivity contribution >= 4 is 0 Å². The molecule has 0 radical (unpaired) electrons. The van der Waals surface area contributed by atoms with Crippen molar-refractivity contribution in [2.24, 2.45) is 11.7 Å². The van der Waals surface area contributed by atoms with Crippen LogP contribution < -0.4 is 21.9 Å². The molecule has 0 aliphatic heterocycles. The Morgan fingerprint density at radius 1 is 1.35 bits per heavy atom. The van der Waals surface area contributed by atoms with Crippen molar-refractivity contribution in [2.45, 2.75) is 20.0 Å². The van der Waals surface area contributed by atoms with E-state index in [1.165, 1.54) is 6.08 Å². The second kappa shape index (κ2) is 10.2. The minimum absolute atomic E-state index is 0.0290. The molecule has 0 saturated carbocycles. The number of rotatable bonds is 11. The number of halogens is 1. The smallest absolute Gasteiger partial charge is 0.135 e. The predicted molar refractivity (Wildman–Crippen MR) is 84.5 cm³/mol. The lowest BCUT2D eigenvalue weighted by molar-refractivity contribution is 0.387. The van der Waals surface area contributed by atoms with Gasteiger partial charge in [0.15, 0.2) is 0 Å². The summed E-state index contributed by atoms with van der Waals surface area (Å²) in [5.41, 5.74) is 14.4. The summed E-state index contributed by atoms with van der Waals surface area (Å²) in [6, 6.07) is 0. The first kappa shape index (κ1) is 18.4. The molecule has 0 amide bonds. The number of hydrogen-bond donors (Lipinski definition) is 4. The fourth-order valence-corrected chi connectivity index (χ4v) is 1.49. The molecule has 0 saturated heterocycles. The van der Waals surface area contributed by atoms with Gasteiger partial charge in [0.1, 0.15) is 6.17 Å². The topological polar surface area (TPSA) is 62.1 Å². The fraction of sp³-hybridized carbons (Fsp3) is 0.467. The Labute approximate surface area is 121 Å². The highest BCUT2D eigenvalue weighted by Gasteiger charge is 2.09. The summed E-state index contributed by atoms with van der Waals surface area (Å²) in [6.45, 7) is 16.1. The largest absolute Gasteiger partial charge is 0.385 e. The molecule has 0 rings (SSSR count). The summed E-state index contributed by atoms with van der Waals surface area (Å²) in [4.78, 5) is 0. The van der Waals surface area contributed by atoms with Gasteiger partial charge in [-0.15, -0.1) is 6.58 Å². The molecule has 0 heterocycles. The predicted octanol–water partition coefficient (Wildman–Crippen LogP) is 1.76. The minimum Gasteiger partial charge on any atom is -0.385 e. The number of alkyl halides is 1. The van der Waals surface area contributed by atoms with Crippen LogP contribution in [0.2, 0.25) is 0 Å². The summed E-state index contributed by atoms with van der Waals surface area (Å²) in [6.07, 6.45) is 2.19. The van der Waals surface area contributed by atoms with Gasteiger partial charge in [-0.1, -0.05) is 30.9 Å². The van der Waals surface area contributed by atoms with Crippen molar-refractivity contribution in [2.75, 3.05) is 19.6 Å². The molecule has 0 aromatic rings. The molecule has 0 aromatic carbocycles. The Bertz CT molecular complexity index is 363. The van der Waals surface area contributed by atoms with Crippen LogP contribution in [0, 0.1) is 5.92 Å². The zero-order valence-corrected chi connectivity index (χ0v) is 12.5. The zero-order valence-electron chi connectivity index (χ0n) is 12.5. The molecular weight excluding hydrogens is 255 g/mol. The Balaban J connectivity index is 4.31. The summed E-state index contributed by atoms with van der Waals surface area (Å²) in [5.74, 6) is -0.0290. The van der Waals surface area contributed by atoms with Crippen LogP contribution in [0.15, 0.2) is 48.9 Å².